The van der Waals surface area contributed by atoms with Crippen molar-refractivity contribution in [1.82, 2.24) is 0 Å². The Kier molecular flexibility index (Phi) is 2.66. The van der Waals surface area contributed by atoms with E-state index >= 15 is 0 Å². The highest BCUT2D eigenvalue weighted by Gasteiger charge is 1.98. The smallest absolute Gasteiger partial charge is 0.0178 e. The Morgan fingerprint density at radius 2 is 2.00 bits per heavy atom. The van der Waals surface area contributed by atoms with Crippen LogP contribution in [0.3, 0.4) is 0 Å². The van der Waals surface area contributed by atoms with E-state index in [9.17, 15) is 0 Å². The predicted octanol–water partition coefficient (Wildman–Crippen LogP) is 2.28. The third-order valence-corrected chi connectivity index (χ3v) is 2.16. The molecule has 0 unspecified atom stereocenters. The van der Waals surface area contributed by atoms with Gasteiger partial charge in [0.25, 0.3) is 0 Å². The Labute approximate surface area is 73.9 Å². The molecule has 1 heteroatoms. The van der Waals surface area contributed by atoms with Gasteiger partial charge in [-0.1, -0.05) is 24.8 Å². The quantitative estimate of drug-likeness (QED) is 0.707. The van der Waals surface area contributed by atoms with Crippen molar-refractivity contribution in [3.05, 3.63) is 41.5 Å². The summed E-state index contributed by atoms with van der Waals surface area (Å²) in [4.78, 5) is 0. The van der Waals surface area contributed by atoms with Crippen molar-refractivity contribution < 1.29 is 0 Å². The topological polar surface area (TPSA) is 26.0 Å². The van der Waals surface area contributed by atoms with Gasteiger partial charge in [-0.25, -0.2) is 0 Å². The summed E-state index contributed by atoms with van der Waals surface area (Å²) in [5, 5.41) is 0. The number of benzene rings is 1. The Bertz CT molecular complexity index is 300. The highest BCUT2D eigenvalue weighted by atomic mass is 14.5. The molecule has 0 aliphatic carbocycles. The van der Waals surface area contributed by atoms with Crippen molar-refractivity contribution in [3.8, 4) is 0 Å². The molecule has 12 heavy (non-hydrogen) atoms. The Morgan fingerprint density at radius 1 is 1.33 bits per heavy atom. The maximum absolute atomic E-state index is 5.49. The van der Waals surface area contributed by atoms with E-state index in [0.29, 0.717) is 6.54 Å². The van der Waals surface area contributed by atoms with E-state index in [1.807, 2.05) is 0 Å². The molecule has 2 N–H and O–H groups in total. The molecule has 0 heterocycles. The molecule has 0 spiro atoms. The molecule has 0 aliphatic heterocycles. The maximum atomic E-state index is 5.49. The molecule has 0 saturated carbocycles. The largest absolute Gasteiger partial charge is 0.326 e. The van der Waals surface area contributed by atoms with Gasteiger partial charge in [-0.15, -0.1) is 0 Å². The molecule has 0 atom stereocenters. The Hall–Kier alpha value is -1.08. The van der Waals surface area contributed by atoms with Crippen molar-refractivity contribution in [2.24, 2.45) is 5.73 Å². The summed E-state index contributed by atoms with van der Waals surface area (Å²) < 4.78 is 0. The molecule has 0 fully saturated rings. The first kappa shape index (κ1) is 9.01. The van der Waals surface area contributed by atoms with Gasteiger partial charge >= 0.3 is 0 Å². The number of nitrogens with two attached hydrogens (primary N) is 1. The summed E-state index contributed by atoms with van der Waals surface area (Å²) in [7, 11) is 0. The zero-order valence-electron chi connectivity index (χ0n) is 7.72. The second-order valence-electron chi connectivity index (χ2n) is 3.11. The summed E-state index contributed by atoms with van der Waals surface area (Å²) in [5.41, 5.74) is 10.2. The fourth-order valence-corrected chi connectivity index (χ4v) is 1.08. The van der Waals surface area contributed by atoms with Gasteiger partial charge in [0, 0.05) is 6.54 Å². The van der Waals surface area contributed by atoms with Crippen LogP contribution in [0.15, 0.2) is 24.8 Å². The average molecular weight is 161 g/mol. The van der Waals surface area contributed by atoms with Crippen LogP contribution in [0.5, 0.6) is 0 Å². The van der Waals surface area contributed by atoms with Gasteiger partial charge in [-0.05, 0) is 36.1 Å². The standard InChI is InChI=1S/C11H15N/c1-8-4-5-11(6-9(8)2)10(3)7-12/h4-6H,3,7,12H2,1-2H3. The molecule has 0 aromatic heterocycles. The number of aryl methyl sites for hydroxylation is 2. The Morgan fingerprint density at radius 3 is 2.50 bits per heavy atom. The van der Waals surface area contributed by atoms with Crippen molar-refractivity contribution in [2.45, 2.75) is 13.8 Å². The van der Waals surface area contributed by atoms with Crippen LogP contribution in [0.25, 0.3) is 5.57 Å². The van der Waals surface area contributed by atoms with Crippen LogP contribution < -0.4 is 5.73 Å². The van der Waals surface area contributed by atoms with E-state index in [4.69, 9.17) is 5.73 Å². The summed E-state index contributed by atoms with van der Waals surface area (Å²) >= 11 is 0. The molecule has 1 aromatic rings. The van der Waals surface area contributed by atoms with Gasteiger partial charge in [0.1, 0.15) is 0 Å². The van der Waals surface area contributed by atoms with E-state index in [0.717, 1.165) is 11.1 Å². The predicted molar refractivity (Wildman–Crippen MR) is 54.0 cm³/mol. The number of hydrogen-bond donors (Lipinski definition) is 1. The molecular formula is C11H15N. The lowest BCUT2D eigenvalue weighted by Gasteiger charge is -2.05. The van der Waals surface area contributed by atoms with Crippen molar-refractivity contribution in [2.75, 3.05) is 6.54 Å². The third kappa shape index (κ3) is 1.74. The second-order valence-corrected chi connectivity index (χ2v) is 3.11. The molecule has 0 bridgehead atoms. The average Bonchev–Trinajstić information content (AvgIpc) is 2.08. The summed E-state index contributed by atoms with van der Waals surface area (Å²) in [6.45, 7) is 8.62. The van der Waals surface area contributed by atoms with Crippen molar-refractivity contribution >= 4 is 5.57 Å². The SMILES string of the molecule is C=C(CN)c1ccc(C)c(C)c1. The first-order valence-electron chi connectivity index (χ1n) is 4.10. The van der Waals surface area contributed by atoms with E-state index in [-0.39, 0.29) is 0 Å². The monoisotopic (exact) mass is 161 g/mol. The fraction of sp³-hybridized carbons (Fsp3) is 0.273. The van der Waals surface area contributed by atoms with Crippen LogP contribution in [0.1, 0.15) is 16.7 Å². The van der Waals surface area contributed by atoms with Gasteiger partial charge in [-0.3, -0.25) is 0 Å². The van der Waals surface area contributed by atoms with Crippen molar-refractivity contribution in [3.63, 3.8) is 0 Å². The second kappa shape index (κ2) is 3.55. The van der Waals surface area contributed by atoms with Gasteiger partial charge in [-0.2, -0.15) is 0 Å². The maximum Gasteiger partial charge on any atom is 0.0178 e. The van der Waals surface area contributed by atoms with E-state index in [1.54, 1.807) is 0 Å². The van der Waals surface area contributed by atoms with Crippen LogP contribution >= 0.6 is 0 Å². The molecule has 1 nitrogen and oxygen atoms in total. The van der Waals surface area contributed by atoms with Crippen LogP contribution in [0.2, 0.25) is 0 Å². The fourth-order valence-electron chi connectivity index (χ4n) is 1.08. The first-order chi connectivity index (χ1) is 5.65. The van der Waals surface area contributed by atoms with Gasteiger partial charge in [0.05, 0.1) is 0 Å². The lowest BCUT2D eigenvalue weighted by molar-refractivity contribution is 1.25. The third-order valence-electron chi connectivity index (χ3n) is 2.16. The lowest BCUT2D eigenvalue weighted by Crippen LogP contribution is -2.01. The first-order valence-corrected chi connectivity index (χ1v) is 4.10. The minimum absolute atomic E-state index is 0.530. The molecule has 0 saturated heterocycles. The zero-order valence-corrected chi connectivity index (χ0v) is 7.72. The van der Waals surface area contributed by atoms with Crippen LogP contribution in [0.4, 0.5) is 0 Å². The van der Waals surface area contributed by atoms with E-state index in [1.165, 1.54) is 11.1 Å². The normalized spacial score (nSPS) is 9.92. The number of hydrogen-bond acceptors (Lipinski definition) is 1. The van der Waals surface area contributed by atoms with Gasteiger partial charge in [0.2, 0.25) is 0 Å². The molecule has 1 rings (SSSR count). The highest BCUT2D eigenvalue weighted by molar-refractivity contribution is 5.65. The molecule has 1 aromatic carbocycles. The summed E-state index contributed by atoms with van der Waals surface area (Å²) in [6.07, 6.45) is 0. The molecular weight excluding hydrogens is 146 g/mol. The Balaban J connectivity index is 3.05. The van der Waals surface area contributed by atoms with Crippen molar-refractivity contribution in [1.29, 1.82) is 0 Å². The lowest BCUT2D eigenvalue weighted by atomic mass is 10.0. The van der Waals surface area contributed by atoms with Gasteiger partial charge < -0.3 is 5.73 Å². The van der Waals surface area contributed by atoms with Gasteiger partial charge in [0.15, 0.2) is 0 Å². The minimum atomic E-state index is 0.530. The number of rotatable bonds is 2. The molecule has 64 valence electrons. The summed E-state index contributed by atoms with van der Waals surface area (Å²) in [5.74, 6) is 0. The van der Waals surface area contributed by atoms with Crippen LogP contribution in [0, 0.1) is 13.8 Å². The van der Waals surface area contributed by atoms with E-state index < -0.39 is 0 Å². The molecule has 0 amide bonds. The zero-order chi connectivity index (χ0) is 9.14. The van der Waals surface area contributed by atoms with E-state index in [2.05, 4.69) is 38.6 Å². The molecule has 0 radical (unpaired) electrons. The highest BCUT2D eigenvalue weighted by Crippen LogP contribution is 2.15. The molecule has 0 aliphatic rings. The summed E-state index contributed by atoms with van der Waals surface area (Å²) in [6, 6.07) is 6.30. The van der Waals surface area contributed by atoms with Crippen LogP contribution in [-0.2, 0) is 0 Å². The minimum Gasteiger partial charge on any atom is -0.326 e. The van der Waals surface area contributed by atoms with Crippen LogP contribution in [-0.4, -0.2) is 6.54 Å².